The lowest BCUT2D eigenvalue weighted by Crippen LogP contribution is -2.47. The van der Waals surface area contributed by atoms with Crippen LogP contribution in [0.3, 0.4) is 0 Å². The molecule has 4 rings (SSSR count). The van der Waals surface area contributed by atoms with Crippen LogP contribution < -0.4 is 5.32 Å². The van der Waals surface area contributed by atoms with Crippen molar-refractivity contribution in [3.8, 4) is 0 Å². The molecule has 8 nitrogen and oxygen atoms in total. The molecule has 1 fully saturated rings. The maximum absolute atomic E-state index is 12.4. The number of carbonyl (C=O) groups is 1. The Bertz CT molecular complexity index is 1330. The summed E-state index contributed by atoms with van der Waals surface area (Å²) in [5, 5.41) is 15.3. The first-order chi connectivity index (χ1) is 18.1. The third-order valence-electron chi connectivity index (χ3n) is 6.97. The molecule has 1 aliphatic heterocycles. The zero-order valence-corrected chi connectivity index (χ0v) is 22.7. The summed E-state index contributed by atoms with van der Waals surface area (Å²) in [7, 11) is -0.570. The number of carbonyl (C=O) groups excluding carboxylic acids is 1. The van der Waals surface area contributed by atoms with Crippen LogP contribution in [0, 0.1) is 5.92 Å². The summed E-state index contributed by atoms with van der Waals surface area (Å²) in [6, 6.07) is 25.8. The van der Waals surface area contributed by atoms with Gasteiger partial charge in [0.15, 0.2) is 0 Å². The molecule has 1 saturated heterocycles. The normalized spacial score (nSPS) is 15.5. The monoisotopic (exact) mass is 534 g/mol. The van der Waals surface area contributed by atoms with Gasteiger partial charge in [0.1, 0.15) is 5.60 Å². The van der Waals surface area contributed by atoms with Gasteiger partial charge in [-0.25, -0.2) is 12.7 Å². The van der Waals surface area contributed by atoms with Crippen molar-refractivity contribution in [1.82, 2.24) is 9.21 Å². The highest BCUT2D eigenvalue weighted by Crippen LogP contribution is 2.42. The van der Waals surface area contributed by atoms with Crippen molar-refractivity contribution < 1.29 is 18.3 Å². The van der Waals surface area contributed by atoms with E-state index in [4.69, 9.17) is 0 Å². The van der Waals surface area contributed by atoms with E-state index in [1.165, 1.54) is 33.2 Å². The number of piperidine rings is 1. The summed E-state index contributed by atoms with van der Waals surface area (Å²) in [5.41, 5.74) is 1.18. The van der Waals surface area contributed by atoms with Gasteiger partial charge >= 0.3 is 0 Å². The topological polar surface area (TPSA) is 102 Å². The summed E-state index contributed by atoms with van der Waals surface area (Å²) < 4.78 is 25.9. The maximum Gasteiger partial charge on any atom is 0.245 e. The van der Waals surface area contributed by atoms with Crippen LogP contribution in [0.25, 0.3) is 0 Å². The number of rotatable bonds is 6. The van der Waals surface area contributed by atoms with Gasteiger partial charge in [0.05, 0.1) is 4.90 Å². The minimum Gasteiger partial charge on any atom is -0.380 e. The number of hydrogen-bond acceptors (Lipinski definition) is 4. The smallest absolute Gasteiger partial charge is 0.245 e. The fourth-order valence-electron chi connectivity index (χ4n) is 4.91. The Morgan fingerprint density at radius 1 is 0.921 bits per heavy atom. The lowest BCUT2D eigenvalue weighted by molar-refractivity contribution is -0.115. The van der Waals surface area contributed by atoms with E-state index < -0.39 is 15.6 Å². The number of guanidine groups is 1. The predicted molar refractivity (Wildman–Crippen MR) is 149 cm³/mol. The first-order valence-corrected chi connectivity index (χ1v) is 14.0. The molecule has 38 heavy (non-hydrogen) atoms. The van der Waals surface area contributed by atoms with E-state index in [-0.39, 0.29) is 16.7 Å². The Morgan fingerprint density at radius 2 is 1.42 bits per heavy atom. The molecule has 3 aromatic carbocycles. The van der Waals surface area contributed by atoms with Crippen molar-refractivity contribution in [3.63, 3.8) is 0 Å². The predicted octanol–water partition coefficient (Wildman–Crippen LogP) is 3.90. The number of benzene rings is 3. The van der Waals surface area contributed by atoms with E-state index in [2.05, 4.69) is 10.3 Å². The number of amides is 1. The summed E-state index contributed by atoms with van der Waals surface area (Å²) in [5.74, 6) is 0.0197. The highest BCUT2D eigenvalue weighted by Gasteiger charge is 2.42. The van der Waals surface area contributed by atoms with E-state index in [0.717, 1.165) is 15.4 Å². The van der Waals surface area contributed by atoms with Crippen molar-refractivity contribution in [1.29, 1.82) is 0 Å². The van der Waals surface area contributed by atoms with Crippen molar-refractivity contribution >= 4 is 27.6 Å². The minimum absolute atomic E-state index is 0.0438. The van der Waals surface area contributed by atoms with Crippen molar-refractivity contribution in [2.75, 3.05) is 32.5 Å². The molecule has 2 N–H and O–H groups in total. The lowest BCUT2D eigenvalue weighted by atomic mass is 9.72. The first-order valence-electron chi connectivity index (χ1n) is 12.6. The van der Waals surface area contributed by atoms with Gasteiger partial charge in [0.2, 0.25) is 21.9 Å². The largest absolute Gasteiger partial charge is 0.380 e. The van der Waals surface area contributed by atoms with Gasteiger partial charge in [0, 0.05) is 39.8 Å². The van der Waals surface area contributed by atoms with Crippen LogP contribution in [0.5, 0.6) is 0 Å². The van der Waals surface area contributed by atoms with Gasteiger partial charge in [-0.1, -0.05) is 60.7 Å². The maximum atomic E-state index is 12.4. The van der Waals surface area contributed by atoms with Gasteiger partial charge in [0.25, 0.3) is 0 Å². The molecular formula is C29H34N4O4S. The standard InChI is InChI=1S/C29H34N4O4S/c1-22(34)30-28(31-26-14-16-27(17-15-26)38(36,37)32(2)3)33-20-18-25(19-21-33)29(35,23-10-6-4-7-11-23)24-12-8-5-9-13-24/h4-17,25,35H,18-21H2,1-3H3,(H,30,31,34). The Morgan fingerprint density at radius 3 is 1.87 bits per heavy atom. The van der Waals surface area contributed by atoms with Crippen LogP contribution in [0.2, 0.25) is 0 Å². The average Bonchev–Trinajstić information content (AvgIpc) is 2.93. The third kappa shape index (κ3) is 5.80. The molecule has 0 spiro atoms. The summed E-state index contributed by atoms with van der Waals surface area (Å²) >= 11 is 0. The highest BCUT2D eigenvalue weighted by molar-refractivity contribution is 7.89. The van der Waals surface area contributed by atoms with Crippen molar-refractivity contribution in [3.05, 3.63) is 96.1 Å². The van der Waals surface area contributed by atoms with Gasteiger partial charge in [-0.15, -0.1) is 0 Å². The number of hydrogen-bond donors (Lipinski definition) is 2. The summed E-state index contributed by atoms with van der Waals surface area (Å²) in [4.78, 5) is 18.3. The van der Waals surface area contributed by atoms with E-state index >= 15 is 0 Å². The Balaban J connectivity index is 1.54. The fraction of sp³-hybridized carbons (Fsp3) is 0.310. The Hall–Kier alpha value is -3.53. The van der Waals surface area contributed by atoms with Crippen LogP contribution in [0.1, 0.15) is 30.9 Å². The average molecular weight is 535 g/mol. The van der Waals surface area contributed by atoms with Crippen LogP contribution in [0.4, 0.5) is 5.69 Å². The molecule has 0 bridgehead atoms. The molecule has 1 aliphatic rings. The molecule has 1 heterocycles. The van der Waals surface area contributed by atoms with Gasteiger partial charge in [-0.05, 0) is 54.2 Å². The number of nitrogens with zero attached hydrogens (tertiary/aromatic N) is 3. The molecule has 0 radical (unpaired) electrons. The molecule has 0 saturated carbocycles. The molecule has 0 atom stereocenters. The summed E-state index contributed by atoms with van der Waals surface area (Å²) in [6.45, 7) is 2.56. The Labute approximate surface area is 224 Å². The quantitative estimate of drug-likeness (QED) is 0.367. The van der Waals surface area contributed by atoms with Gasteiger partial charge < -0.3 is 15.3 Å². The molecule has 3 aromatic rings. The summed E-state index contributed by atoms with van der Waals surface area (Å²) in [6.07, 6.45) is 1.36. The van der Waals surface area contributed by atoms with Crippen LogP contribution in [-0.4, -0.2) is 61.8 Å². The zero-order valence-electron chi connectivity index (χ0n) is 21.9. The molecule has 200 valence electrons. The second-order valence-corrected chi connectivity index (χ2v) is 11.8. The number of aliphatic hydroxyl groups is 1. The number of nitrogens with one attached hydrogen (secondary N) is 1. The van der Waals surface area contributed by atoms with E-state index in [1.54, 1.807) is 12.1 Å². The minimum atomic E-state index is -3.54. The first kappa shape index (κ1) is 27.5. The fourth-order valence-corrected chi connectivity index (χ4v) is 5.81. The Kier molecular flexibility index (Phi) is 8.30. The van der Waals surface area contributed by atoms with E-state index in [0.29, 0.717) is 37.6 Å². The second-order valence-electron chi connectivity index (χ2n) is 9.65. The number of likely N-dealkylation sites (tertiary alicyclic amines) is 1. The van der Waals surface area contributed by atoms with E-state index in [1.807, 2.05) is 65.6 Å². The van der Waals surface area contributed by atoms with Gasteiger partial charge in [-0.3, -0.25) is 4.79 Å². The molecule has 0 unspecified atom stereocenters. The SMILES string of the molecule is CC(=O)/N=C(/Nc1ccc(S(=O)(=O)N(C)C)cc1)N1CCC(C(O)(c2ccccc2)c2ccccc2)CC1. The molecule has 9 heteroatoms. The number of sulfonamides is 1. The van der Waals surface area contributed by atoms with Gasteiger partial charge in [-0.2, -0.15) is 4.99 Å². The van der Waals surface area contributed by atoms with Crippen LogP contribution in [0.15, 0.2) is 94.8 Å². The second kappa shape index (κ2) is 11.5. The molecule has 0 aliphatic carbocycles. The molecule has 0 aromatic heterocycles. The van der Waals surface area contributed by atoms with E-state index in [9.17, 15) is 18.3 Å². The third-order valence-corrected chi connectivity index (χ3v) is 8.79. The van der Waals surface area contributed by atoms with Crippen LogP contribution >= 0.6 is 0 Å². The number of aliphatic imine (C=N–C) groups is 1. The van der Waals surface area contributed by atoms with Crippen molar-refractivity contribution in [2.45, 2.75) is 30.3 Å². The van der Waals surface area contributed by atoms with Crippen LogP contribution in [-0.2, 0) is 20.4 Å². The number of anilines is 1. The molecule has 1 amide bonds. The van der Waals surface area contributed by atoms with Crippen molar-refractivity contribution in [2.24, 2.45) is 10.9 Å². The lowest BCUT2D eigenvalue weighted by Gasteiger charge is -2.43. The zero-order chi connectivity index (χ0) is 27.3. The highest BCUT2D eigenvalue weighted by atomic mass is 32.2. The molecular weight excluding hydrogens is 500 g/mol.